The van der Waals surface area contributed by atoms with E-state index in [2.05, 4.69) is 26.5 Å². The van der Waals surface area contributed by atoms with Crippen LogP contribution in [0.1, 0.15) is 48.5 Å². The van der Waals surface area contributed by atoms with Gasteiger partial charge in [0, 0.05) is 5.41 Å². The van der Waals surface area contributed by atoms with Crippen molar-refractivity contribution in [1.29, 1.82) is 0 Å². The van der Waals surface area contributed by atoms with Crippen LogP contribution in [-0.4, -0.2) is 18.4 Å². The van der Waals surface area contributed by atoms with Crippen LogP contribution in [0.15, 0.2) is 17.9 Å². The van der Waals surface area contributed by atoms with Gasteiger partial charge in [-0.25, -0.2) is 0 Å². The Bertz CT molecular complexity index is 389. The van der Waals surface area contributed by atoms with E-state index in [1.54, 1.807) is 6.08 Å². The van der Waals surface area contributed by atoms with Crippen molar-refractivity contribution in [3.05, 3.63) is 17.9 Å². The molecule has 0 bridgehead atoms. The number of carbonyl (C=O) groups excluding carboxylic acids is 1. The largest absolute Gasteiger partial charge is 0.435 e. The zero-order valence-electron chi connectivity index (χ0n) is 13.1. The second-order valence-corrected chi connectivity index (χ2v) is 7.35. The lowest BCUT2D eigenvalue weighted by Crippen LogP contribution is -2.46. The number of rotatable bonds is 1. The molecule has 19 heavy (non-hydrogen) atoms. The van der Waals surface area contributed by atoms with Crippen molar-refractivity contribution in [1.82, 2.24) is 0 Å². The molecule has 3 heteroatoms. The maximum absolute atomic E-state index is 12.0. The van der Waals surface area contributed by atoms with Crippen molar-refractivity contribution < 1.29 is 14.3 Å². The molecular weight excluding hydrogens is 240 g/mol. The molecule has 1 rings (SSSR count). The number of hydrogen-bond donors (Lipinski definition) is 0. The molecule has 108 valence electrons. The molecule has 3 atom stereocenters. The predicted octanol–water partition coefficient (Wildman–Crippen LogP) is 3.69. The van der Waals surface area contributed by atoms with Crippen molar-refractivity contribution in [2.75, 3.05) is 0 Å². The molecule has 0 radical (unpaired) electrons. The Kier molecular flexibility index (Phi) is 4.65. The molecule has 1 aliphatic heterocycles. The monoisotopic (exact) mass is 266 g/mol. The Labute approximate surface area is 116 Å². The molecule has 3 nitrogen and oxygen atoms in total. The van der Waals surface area contributed by atoms with Crippen molar-refractivity contribution in [3.63, 3.8) is 0 Å². The van der Waals surface area contributed by atoms with E-state index < -0.39 is 6.29 Å². The maximum Gasteiger partial charge on any atom is 0.318 e. The van der Waals surface area contributed by atoms with Gasteiger partial charge in [0.15, 0.2) is 0 Å². The van der Waals surface area contributed by atoms with Gasteiger partial charge in [-0.3, -0.25) is 4.79 Å². The first kappa shape index (κ1) is 16.0. The van der Waals surface area contributed by atoms with Crippen LogP contribution in [0, 0.1) is 16.7 Å². The van der Waals surface area contributed by atoms with Gasteiger partial charge in [-0.05, 0) is 24.5 Å². The van der Waals surface area contributed by atoms with E-state index in [4.69, 9.17) is 9.47 Å². The van der Waals surface area contributed by atoms with Gasteiger partial charge in [-0.1, -0.05) is 41.5 Å². The van der Waals surface area contributed by atoms with Crippen LogP contribution in [0.25, 0.3) is 0 Å². The molecule has 1 saturated heterocycles. The first-order chi connectivity index (χ1) is 8.50. The van der Waals surface area contributed by atoms with Crippen LogP contribution in [0.4, 0.5) is 0 Å². The Hall–Kier alpha value is -1.05. The molecule has 1 heterocycles. The minimum Gasteiger partial charge on any atom is -0.435 e. The lowest BCUT2D eigenvalue weighted by atomic mass is 9.93. The SMILES string of the molecule is C[C@H]1O[C@@H](C(C)(C)C)OC(=O)[C@@H]1C=C=CC(C)(C)C. The molecule has 0 unspecified atom stereocenters. The van der Waals surface area contributed by atoms with Crippen LogP contribution >= 0.6 is 0 Å². The molecule has 0 aliphatic carbocycles. The smallest absolute Gasteiger partial charge is 0.318 e. The molecule has 0 amide bonds. The number of esters is 1. The second kappa shape index (κ2) is 5.52. The molecule has 0 spiro atoms. The van der Waals surface area contributed by atoms with Gasteiger partial charge in [0.25, 0.3) is 0 Å². The second-order valence-electron chi connectivity index (χ2n) is 7.35. The zero-order chi connectivity index (χ0) is 14.8. The molecule has 0 N–H and O–H groups in total. The molecule has 1 aliphatic rings. The summed E-state index contributed by atoms with van der Waals surface area (Å²) in [6, 6.07) is 0. The number of hydrogen-bond acceptors (Lipinski definition) is 3. The third-order valence-electron chi connectivity index (χ3n) is 2.84. The van der Waals surface area contributed by atoms with Gasteiger partial charge in [-0.15, -0.1) is 5.73 Å². The molecule has 1 fully saturated rings. The van der Waals surface area contributed by atoms with Gasteiger partial charge < -0.3 is 9.47 Å². The fourth-order valence-corrected chi connectivity index (χ4v) is 1.67. The first-order valence-electron chi connectivity index (χ1n) is 6.80. The first-order valence-corrected chi connectivity index (χ1v) is 6.80. The van der Waals surface area contributed by atoms with Crippen LogP contribution in [0.5, 0.6) is 0 Å². The molecule has 0 saturated carbocycles. The fourth-order valence-electron chi connectivity index (χ4n) is 1.67. The van der Waals surface area contributed by atoms with Crippen molar-refractivity contribution in [3.8, 4) is 0 Å². The molecule has 0 aromatic carbocycles. The third kappa shape index (κ3) is 4.85. The van der Waals surface area contributed by atoms with E-state index in [1.807, 2.05) is 33.8 Å². The summed E-state index contributed by atoms with van der Waals surface area (Å²) in [6.45, 7) is 14.1. The Morgan fingerprint density at radius 3 is 2.16 bits per heavy atom. The number of ether oxygens (including phenoxy) is 2. The topological polar surface area (TPSA) is 35.5 Å². The average molecular weight is 266 g/mol. The van der Waals surface area contributed by atoms with Gasteiger partial charge in [-0.2, -0.15) is 0 Å². The Morgan fingerprint density at radius 2 is 1.74 bits per heavy atom. The summed E-state index contributed by atoms with van der Waals surface area (Å²) in [5.74, 6) is -0.606. The van der Waals surface area contributed by atoms with Crippen LogP contribution in [-0.2, 0) is 14.3 Å². The van der Waals surface area contributed by atoms with Gasteiger partial charge in [0.1, 0.15) is 5.92 Å². The summed E-state index contributed by atoms with van der Waals surface area (Å²) < 4.78 is 11.2. The van der Waals surface area contributed by atoms with Gasteiger partial charge in [0.05, 0.1) is 6.10 Å². The van der Waals surface area contributed by atoms with Gasteiger partial charge in [0.2, 0.25) is 6.29 Å². The van der Waals surface area contributed by atoms with E-state index in [1.165, 1.54) is 0 Å². The van der Waals surface area contributed by atoms with Crippen molar-refractivity contribution in [2.45, 2.75) is 60.9 Å². The molecule has 0 aromatic rings. The van der Waals surface area contributed by atoms with E-state index in [0.29, 0.717) is 0 Å². The summed E-state index contributed by atoms with van der Waals surface area (Å²) in [5, 5.41) is 0. The summed E-state index contributed by atoms with van der Waals surface area (Å²) in [5.41, 5.74) is 2.92. The standard InChI is InChI=1S/C16H26O3/c1-11-12(9-8-10-15(2,3)4)13(17)19-14(18-11)16(5,6)7/h9-12,14H,1-7H3/t8?,11-,12-,14-/m1/s1. The normalized spacial score (nSPS) is 28.4. The van der Waals surface area contributed by atoms with E-state index in [0.717, 1.165) is 0 Å². The van der Waals surface area contributed by atoms with Gasteiger partial charge >= 0.3 is 5.97 Å². The van der Waals surface area contributed by atoms with E-state index in [9.17, 15) is 4.79 Å². The highest BCUT2D eigenvalue weighted by Gasteiger charge is 2.40. The van der Waals surface area contributed by atoms with Crippen molar-refractivity contribution >= 4 is 5.97 Å². The number of cyclic esters (lactones) is 1. The van der Waals surface area contributed by atoms with E-state index >= 15 is 0 Å². The van der Waals surface area contributed by atoms with Crippen LogP contribution in [0.2, 0.25) is 0 Å². The zero-order valence-corrected chi connectivity index (χ0v) is 13.1. The summed E-state index contributed by atoms with van der Waals surface area (Å²) >= 11 is 0. The highest BCUT2D eigenvalue weighted by Crippen LogP contribution is 2.31. The summed E-state index contributed by atoms with van der Waals surface area (Å²) in [7, 11) is 0. The fraction of sp³-hybridized carbons (Fsp3) is 0.750. The third-order valence-corrected chi connectivity index (χ3v) is 2.84. The van der Waals surface area contributed by atoms with E-state index in [-0.39, 0.29) is 28.8 Å². The van der Waals surface area contributed by atoms with Crippen LogP contribution < -0.4 is 0 Å². The van der Waals surface area contributed by atoms with Crippen LogP contribution in [0.3, 0.4) is 0 Å². The highest BCUT2D eigenvalue weighted by molar-refractivity contribution is 5.75. The number of carbonyl (C=O) groups is 1. The lowest BCUT2D eigenvalue weighted by Gasteiger charge is -2.38. The summed E-state index contributed by atoms with van der Waals surface area (Å²) in [4.78, 5) is 12.0. The quantitative estimate of drug-likeness (QED) is 0.536. The highest BCUT2D eigenvalue weighted by atomic mass is 16.7. The molecule has 0 aromatic heterocycles. The summed E-state index contributed by atoms with van der Waals surface area (Å²) in [6.07, 6.45) is 3.03. The molecular formula is C16H26O3. The average Bonchev–Trinajstić information content (AvgIpc) is 2.18. The predicted molar refractivity (Wildman–Crippen MR) is 75.5 cm³/mol. The van der Waals surface area contributed by atoms with Crippen molar-refractivity contribution in [2.24, 2.45) is 16.7 Å². The Balaban J connectivity index is 2.80. The maximum atomic E-state index is 12.0. The Morgan fingerprint density at radius 1 is 1.16 bits per heavy atom. The minimum atomic E-state index is -0.480. The minimum absolute atomic E-state index is 0.0487. The lowest BCUT2D eigenvalue weighted by molar-refractivity contribution is -0.249.